The van der Waals surface area contributed by atoms with Crippen LogP contribution >= 0.6 is 0 Å². The molecule has 2 saturated carbocycles. The van der Waals surface area contributed by atoms with Crippen LogP contribution in [0.25, 0.3) is 0 Å². The first-order valence-electron chi connectivity index (χ1n) is 13.1. The maximum Gasteiger partial charge on any atom is 0.131 e. The SMILES string of the molecule is CCCCCCCCCCO[C@H]1CC[C@H](c2cnc([C@H]3CC[C@H](C#N)CC3)nc2)CC1. The van der Waals surface area contributed by atoms with Gasteiger partial charge < -0.3 is 4.74 Å². The zero-order valence-corrected chi connectivity index (χ0v) is 19.7. The van der Waals surface area contributed by atoms with Crippen LogP contribution in [-0.2, 0) is 4.74 Å². The van der Waals surface area contributed by atoms with E-state index in [4.69, 9.17) is 20.0 Å². The third-order valence-electron chi connectivity index (χ3n) is 7.46. The van der Waals surface area contributed by atoms with Crippen molar-refractivity contribution in [1.82, 2.24) is 9.97 Å². The monoisotopic (exact) mass is 425 g/mol. The minimum atomic E-state index is 0.239. The average molecular weight is 426 g/mol. The van der Waals surface area contributed by atoms with Crippen LogP contribution in [0.3, 0.4) is 0 Å². The van der Waals surface area contributed by atoms with Crippen molar-refractivity contribution in [3.63, 3.8) is 0 Å². The number of rotatable bonds is 12. The molecule has 0 N–H and O–H groups in total. The van der Waals surface area contributed by atoms with E-state index in [0.717, 1.165) is 38.1 Å². The molecule has 0 bridgehead atoms. The number of nitriles is 1. The van der Waals surface area contributed by atoms with Gasteiger partial charge in [0, 0.05) is 30.8 Å². The van der Waals surface area contributed by atoms with Gasteiger partial charge in [-0.2, -0.15) is 5.26 Å². The molecule has 2 fully saturated rings. The summed E-state index contributed by atoms with van der Waals surface area (Å²) in [5, 5.41) is 9.07. The highest BCUT2D eigenvalue weighted by Gasteiger charge is 2.26. The zero-order chi connectivity index (χ0) is 21.7. The number of aromatic nitrogens is 2. The van der Waals surface area contributed by atoms with E-state index < -0.39 is 0 Å². The Morgan fingerprint density at radius 1 is 0.806 bits per heavy atom. The van der Waals surface area contributed by atoms with Crippen LogP contribution in [0.5, 0.6) is 0 Å². The average Bonchev–Trinajstić information content (AvgIpc) is 2.83. The first kappa shape index (κ1) is 24.2. The molecule has 2 aliphatic rings. The molecule has 0 amide bonds. The minimum Gasteiger partial charge on any atom is -0.378 e. The Hall–Kier alpha value is -1.47. The van der Waals surface area contributed by atoms with Gasteiger partial charge in [0.1, 0.15) is 5.82 Å². The van der Waals surface area contributed by atoms with Gasteiger partial charge in [-0.1, -0.05) is 51.9 Å². The molecule has 1 aromatic heterocycles. The van der Waals surface area contributed by atoms with E-state index in [2.05, 4.69) is 25.4 Å². The molecular formula is C27H43N3O. The maximum absolute atomic E-state index is 9.07. The standard InChI is InChI=1S/C27H43N3O/c1-2-3-4-5-6-7-8-9-18-31-26-16-14-23(15-17-26)25-20-29-27(30-21-25)24-12-10-22(19-28)11-13-24/h20-24,26H,2-18H2,1H3/t22-,23-,24-,26-. The molecule has 4 heteroatoms. The van der Waals surface area contributed by atoms with Gasteiger partial charge >= 0.3 is 0 Å². The van der Waals surface area contributed by atoms with E-state index in [1.54, 1.807) is 0 Å². The van der Waals surface area contributed by atoms with Crippen molar-refractivity contribution < 1.29 is 4.74 Å². The molecule has 1 aromatic rings. The molecule has 0 aliphatic heterocycles. The highest BCUT2D eigenvalue weighted by Crippen LogP contribution is 2.36. The fraction of sp³-hybridized carbons (Fsp3) is 0.815. The summed E-state index contributed by atoms with van der Waals surface area (Å²) < 4.78 is 6.17. The second-order valence-electron chi connectivity index (χ2n) is 9.87. The van der Waals surface area contributed by atoms with Crippen LogP contribution in [0.1, 0.15) is 133 Å². The lowest BCUT2D eigenvalue weighted by molar-refractivity contribution is 0.0225. The quantitative estimate of drug-likeness (QED) is 0.326. The van der Waals surface area contributed by atoms with Gasteiger partial charge in [-0.25, -0.2) is 9.97 Å². The van der Waals surface area contributed by atoms with E-state index in [0.29, 0.717) is 17.9 Å². The molecular weight excluding hydrogens is 382 g/mol. The number of nitrogens with zero attached hydrogens (tertiary/aromatic N) is 3. The Bertz CT molecular complexity index is 637. The van der Waals surface area contributed by atoms with Crippen LogP contribution < -0.4 is 0 Å². The number of hydrogen-bond donors (Lipinski definition) is 0. The molecule has 0 saturated heterocycles. The second kappa shape index (κ2) is 13.8. The fourth-order valence-electron chi connectivity index (χ4n) is 5.30. The van der Waals surface area contributed by atoms with Gasteiger partial charge in [0.15, 0.2) is 0 Å². The molecule has 0 radical (unpaired) electrons. The van der Waals surface area contributed by atoms with Crippen molar-refractivity contribution in [2.24, 2.45) is 5.92 Å². The number of unbranched alkanes of at least 4 members (excludes halogenated alkanes) is 7. The predicted molar refractivity (Wildman–Crippen MR) is 126 cm³/mol. The lowest BCUT2D eigenvalue weighted by Crippen LogP contribution is -2.21. The molecule has 4 nitrogen and oxygen atoms in total. The van der Waals surface area contributed by atoms with Gasteiger partial charge in [0.2, 0.25) is 0 Å². The maximum atomic E-state index is 9.07. The molecule has 0 unspecified atom stereocenters. The Morgan fingerprint density at radius 2 is 1.39 bits per heavy atom. The van der Waals surface area contributed by atoms with Crippen LogP contribution in [0.2, 0.25) is 0 Å². The smallest absolute Gasteiger partial charge is 0.131 e. The van der Waals surface area contributed by atoms with Crippen molar-refractivity contribution in [2.75, 3.05) is 6.61 Å². The Kier molecular flexibility index (Phi) is 10.8. The molecule has 31 heavy (non-hydrogen) atoms. The van der Waals surface area contributed by atoms with E-state index in [1.807, 2.05) is 0 Å². The Labute approximate surface area is 190 Å². The molecule has 0 atom stereocenters. The minimum absolute atomic E-state index is 0.239. The highest BCUT2D eigenvalue weighted by atomic mass is 16.5. The first-order valence-corrected chi connectivity index (χ1v) is 13.1. The van der Waals surface area contributed by atoms with Gasteiger partial charge in [-0.15, -0.1) is 0 Å². The van der Waals surface area contributed by atoms with Crippen LogP contribution in [0, 0.1) is 17.2 Å². The third-order valence-corrected chi connectivity index (χ3v) is 7.46. The van der Waals surface area contributed by atoms with Crippen molar-refractivity contribution in [3.8, 4) is 6.07 Å². The topological polar surface area (TPSA) is 58.8 Å². The number of ether oxygens (including phenoxy) is 1. The van der Waals surface area contributed by atoms with Crippen molar-refractivity contribution in [2.45, 2.75) is 128 Å². The first-order chi connectivity index (χ1) is 15.3. The van der Waals surface area contributed by atoms with E-state index in [-0.39, 0.29) is 5.92 Å². The summed E-state index contributed by atoms with van der Waals surface area (Å²) in [5.74, 6) is 2.26. The summed E-state index contributed by atoms with van der Waals surface area (Å²) in [6.07, 6.45) is 24.3. The van der Waals surface area contributed by atoms with Crippen molar-refractivity contribution >= 4 is 0 Å². The van der Waals surface area contributed by atoms with Crippen LogP contribution in [-0.4, -0.2) is 22.7 Å². The molecule has 1 heterocycles. The Balaban J connectivity index is 1.28. The zero-order valence-electron chi connectivity index (χ0n) is 19.7. The molecule has 3 rings (SSSR count). The van der Waals surface area contributed by atoms with Gasteiger partial charge in [0.05, 0.1) is 12.2 Å². The molecule has 172 valence electrons. The number of hydrogen-bond acceptors (Lipinski definition) is 4. The summed E-state index contributed by atoms with van der Waals surface area (Å²) in [7, 11) is 0. The fourth-order valence-corrected chi connectivity index (χ4v) is 5.30. The van der Waals surface area contributed by atoms with Crippen molar-refractivity contribution in [1.29, 1.82) is 5.26 Å². The molecule has 0 spiro atoms. The highest BCUT2D eigenvalue weighted by molar-refractivity contribution is 5.14. The summed E-state index contributed by atoms with van der Waals surface area (Å²) in [6.45, 7) is 3.22. The summed E-state index contributed by atoms with van der Waals surface area (Å²) in [6, 6.07) is 2.41. The van der Waals surface area contributed by atoms with Crippen molar-refractivity contribution in [3.05, 3.63) is 23.8 Å². The molecule has 0 aromatic carbocycles. The second-order valence-corrected chi connectivity index (χ2v) is 9.87. The predicted octanol–water partition coefficient (Wildman–Crippen LogP) is 7.46. The van der Waals surface area contributed by atoms with E-state index in [1.165, 1.54) is 82.6 Å². The summed E-state index contributed by atoms with van der Waals surface area (Å²) in [4.78, 5) is 9.45. The normalized spacial score (nSPS) is 26.5. The van der Waals surface area contributed by atoms with Gasteiger partial charge in [-0.05, 0) is 69.3 Å². The lowest BCUT2D eigenvalue weighted by atomic mass is 9.82. The van der Waals surface area contributed by atoms with Crippen LogP contribution in [0.4, 0.5) is 0 Å². The third kappa shape index (κ3) is 8.19. The molecule has 2 aliphatic carbocycles. The summed E-state index contributed by atoms with van der Waals surface area (Å²) >= 11 is 0. The van der Waals surface area contributed by atoms with Gasteiger partial charge in [0.25, 0.3) is 0 Å². The Morgan fingerprint density at radius 3 is 2.00 bits per heavy atom. The van der Waals surface area contributed by atoms with E-state index >= 15 is 0 Å². The lowest BCUT2D eigenvalue weighted by Gasteiger charge is -2.29. The largest absolute Gasteiger partial charge is 0.378 e. The van der Waals surface area contributed by atoms with E-state index in [9.17, 15) is 0 Å². The summed E-state index contributed by atoms with van der Waals surface area (Å²) in [5.41, 5.74) is 1.30. The van der Waals surface area contributed by atoms with Crippen LogP contribution in [0.15, 0.2) is 12.4 Å². The van der Waals surface area contributed by atoms with Gasteiger partial charge in [-0.3, -0.25) is 0 Å².